The Morgan fingerprint density at radius 1 is 1.14 bits per heavy atom. The molecular formula is C18H16O4. The van der Waals surface area contributed by atoms with Crippen molar-refractivity contribution in [2.24, 2.45) is 0 Å². The van der Waals surface area contributed by atoms with Crippen LogP contribution in [0.1, 0.15) is 11.1 Å². The molecule has 0 fully saturated rings. The molecule has 0 unspecified atom stereocenters. The second-order valence-corrected chi connectivity index (χ2v) is 5.30. The zero-order valence-corrected chi connectivity index (χ0v) is 12.6. The van der Waals surface area contributed by atoms with Gasteiger partial charge in [0.15, 0.2) is 5.76 Å². The number of aromatic hydroxyl groups is 1. The van der Waals surface area contributed by atoms with Gasteiger partial charge in [0, 0.05) is 5.56 Å². The lowest BCUT2D eigenvalue weighted by molar-refractivity contribution is 0.414. The predicted octanol–water partition coefficient (Wildman–Crippen LogP) is 3.79. The number of methoxy groups -OCH3 is 1. The Bertz CT molecular complexity index is 922. The third-order valence-corrected chi connectivity index (χ3v) is 3.63. The van der Waals surface area contributed by atoms with Crippen molar-refractivity contribution in [3.63, 3.8) is 0 Å². The number of hydrogen-bond donors (Lipinski definition) is 1. The fraction of sp³-hybridized carbons (Fsp3) is 0.167. The molecule has 0 radical (unpaired) electrons. The molecule has 0 saturated heterocycles. The lowest BCUT2D eigenvalue weighted by atomic mass is 10.1. The van der Waals surface area contributed by atoms with Crippen LogP contribution in [0.2, 0.25) is 0 Å². The highest BCUT2D eigenvalue weighted by Crippen LogP contribution is 2.33. The Morgan fingerprint density at radius 3 is 2.64 bits per heavy atom. The molecule has 0 aliphatic carbocycles. The van der Waals surface area contributed by atoms with Gasteiger partial charge >= 0.3 is 0 Å². The van der Waals surface area contributed by atoms with Gasteiger partial charge in [0.05, 0.1) is 12.5 Å². The second kappa shape index (κ2) is 5.22. The molecule has 0 atom stereocenters. The maximum Gasteiger partial charge on any atom is 0.235 e. The Morgan fingerprint density at radius 2 is 1.91 bits per heavy atom. The van der Waals surface area contributed by atoms with Gasteiger partial charge in [-0.2, -0.15) is 0 Å². The standard InChI is InChI=1S/C18H16O4/c1-10-7-11(2)17-14(8-10)15(19)16(20)18(22-17)12-5-4-6-13(9-12)21-3/h4-9,20H,1-3H3. The number of rotatable bonds is 2. The van der Waals surface area contributed by atoms with E-state index in [0.29, 0.717) is 22.3 Å². The largest absolute Gasteiger partial charge is 0.502 e. The fourth-order valence-electron chi connectivity index (χ4n) is 2.60. The molecule has 0 spiro atoms. The molecule has 1 heterocycles. The Kier molecular flexibility index (Phi) is 3.37. The molecule has 0 saturated carbocycles. The third kappa shape index (κ3) is 2.22. The van der Waals surface area contributed by atoms with Crippen molar-refractivity contribution in [3.05, 3.63) is 57.7 Å². The number of fused-ring (bicyclic) bond motifs is 1. The highest BCUT2D eigenvalue weighted by Gasteiger charge is 2.17. The van der Waals surface area contributed by atoms with E-state index in [2.05, 4.69) is 0 Å². The van der Waals surface area contributed by atoms with Crippen molar-refractivity contribution in [2.45, 2.75) is 13.8 Å². The Hall–Kier alpha value is -2.75. The van der Waals surface area contributed by atoms with Gasteiger partial charge < -0.3 is 14.3 Å². The summed E-state index contributed by atoms with van der Waals surface area (Å²) in [5, 5.41) is 10.6. The molecule has 0 bridgehead atoms. The average molecular weight is 296 g/mol. The maximum absolute atomic E-state index is 12.4. The first-order chi connectivity index (χ1) is 10.5. The summed E-state index contributed by atoms with van der Waals surface area (Å²) in [6.45, 7) is 3.78. The van der Waals surface area contributed by atoms with E-state index >= 15 is 0 Å². The molecule has 0 aliphatic heterocycles. The van der Waals surface area contributed by atoms with Crippen LogP contribution in [0.4, 0.5) is 0 Å². The molecule has 4 heteroatoms. The molecule has 0 aliphatic rings. The van der Waals surface area contributed by atoms with Crippen LogP contribution in [-0.4, -0.2) is 12.2 Å². The average Bonchev–Trinajstić information content (AvgIpc) is 2.51. The third-order valence-electron chi connectivity index (χ3n) is 3.63. The Balaban J connectivity index is 2.35. The van der Waals surface area contributed by atoms with E-state index in [1.165, 1.54) is 0 Å². The highest BCUT2D eigenvalue weighted by atomic mass is 16.5. The van der Waals surface area contributed by atoms with Gasteiger partial charge in [-0.15, -0.1) is 0 Å². The predicted molar refractivity (Wildman–Crippen MR) is 85.6 cm³/mol. The summed E-state index contributed by atoms with van der Waals surface area (Å²) in [6, 6.07) is 10.7. The van der Waals surface area contributed by atoms with Gasteiger partial charge in [0.2, 0.25) is 11.2 Å². The minimum Gasteiger partial charge on any atom is -0.502 e. The van der Waals surface area contributed by atoms with E-state index in [1.807, 2.05) is 19.9 Å². The monoisotopic (exact) mass is 296 g/mol. The van der Waals surface area contributed by atoms with Crippen LogP contribution in [0.5, 0.6) is 11.5 Å². The van der Waals surface area contributed by atoms with Gasteiger partial charge in [-0.1, -0.05) is 18.2 Å². The molecular weight excluding hydrogens is 280 g/mol. The van der Waals surface area contributed by atoms with Crippen LogP contribution in [0.25, 0.3) is 22.3 Å². The normalized spacial score (nSPS) is 10.9. The van der Waals surface area contributed by atoms with Crippen LogP contribution >= 0.6 is 0 Å². The summed E-state index contributed by atoms with van der Waals surface area (Å²) in [4.78, 5) is 12.4. The summed E-state index contributed by atoms with van der Waals surface area (Å²) in [7, 11) is 1.56. The molecule has 3 rings (SSSR count). The molecule has 112 valence electrons. The van der Waals surface area contributed by atoms with Crippen molar-refractivity contribution in [1.82, 2.24) is 0 Å². The van der Waals surface area contributed by atoms with E-state index < -0.39 is 5.43 Å². The van der Waals surface area contributed by atoms with Crippen molar-refractivity contribution in [2.75, 3.05) is 7.11 Å². The molecule has 1 aromatic heterocycles. The number of ether oxygens (including phenoxy) is 1. The van der Waals surface area contributed by atoms with E-state index in [-0.39, 0.29) is 11.5 Å². The lowest BCUT2D eigenvalue weighted by Crippen LogP contribution is -2.04. The molecule has 2 aromatic carbocycles. The van der Waals surface area contributed by atoms with Crippen LogP contribution in [0.15, 0.2) is 45.6 Å². The quantitative estimate of drug-likeness (QED) is 0.781. The SMILES string of the molecule is COc1cccc(-c2oc3c(C)cc(C)cc3c(=O)c2O)c1. The topological polar surface area (TPSA) is 59.7 Å². The molecule has 0 amide bonds. The number of aryl methyl sites for hydroxylation is 2. The van der Waals surface area contributed by atoms with Gasteiger partial charge in [-0.3, -0.25) is 4.79 Å². The minimum atomic E-state index is -0.425. The van der Waals surface area contributed by atoms with Gasteiger partial charge in [0.1, 0.15) is 11.3 Å². The van der Waals surface area contributed by atoms with Crippen molar-refractivity contribution >= 4 is 11.0 Å². The molecule has 22 heavy (non-hydrogen) atoms. The van der Waals surface area contributed by atoms with E-state index in [9.17, 15) is 9.90 Å². The van der Waals surface area contributed by atoms with Gasteiger partial charge in [-0.25, -0.2) is 0 Å². The zero-order chi connectivity index (χ0) is 15.9. The van der Waals surface area contributed by atoms with Crippen LogP contribution < -0.4 is 10.2 Å². The van der Waals surface area contributed by atoms with Gasteiger partial charge in [-0.05, 0) is 43.2 Å². The summed E-state index contributed by atoms with van der Waals surface area (Å²) in [5.41, 5.74) is 2.47. The second-order valence-electron chi connectivity index (χ2n) is 5.30. The summed E-state index contributed by atoms with van der Waals surface area (Å²) in [6.07, 6.45) is 0. The summed E-state index contributed by atoms with van der Waals surface area (Å²) < 4.78 is 11.0. The van der Waals surface area contributed by atoms with Crippen molar-refractivity contribution in [3.8, 4) is 22.8 Å². The highest BCUT2D eigenvalue weighted by molar-refractivity contribution is 5.84. The Labute approximate surface area is 127 Å². The van der Waals surface area contributed by atoms with E-state index in [0.717, 1.165) is 11.1 Å². The van der Waals surface area contributed by atoms with Crippen LogP contribution in [0.3, 0.4) is 0 Å². The first-order valence-corrected chi connectivity index (χ1v) is 6.92. The van der Waals surface area contributed by atoms with Crippen LogP contribution in [-0.2, 0) is 0 Å². The minimum absolute atomic E-state index is 0.156. The van der Waals surface area contributed by atoms with E-state index in [1.54, 1.807) is 37.4 Å². The van der Waals surface area contributed by atoms with Crippen molar-refractivity contribution in [1.29, 1.82) is 0 Å². The first kappa shape index (κ1) is 14.2. The first-order valence-electron chi connectivity index (χ1n) is 6.92. The lowest BCUT2D eigenvalue weighted by Gasteiger charge is -2.09. The van der Waals surface area contributed by atoms with E-state index in [4.69, 9.17) is 9.15 Å². The van der Waals surface area contributed by atoms with Gasteiger partial charge in [0.25, 0.3) is 0 Å². The maximum atomic E-state index is 12.4. The summed E-state index contributed by atoms with van der Waals surface area (Å²) >= 11 is 0. The molecule has 3 aromatic rings. The smallest absolute Gasteiger partial charge is 0.235 e. The zero-order valence-electron chi connectivity index (χ0n) is 12.6. The fourth-order valence-corrected chi connectivity index (χ4v) is 2.60. The number of benzene rings is 2. The van der Waals surface area contributed by atoms with Crippen LogP contribution in [0, 0.1) is 13.8 Å². The molecule has 1 N–H and O–H groups in total. The summed E-state index contributed by atoms with van der Waals surface area (Å²) in [5.74, 6) is 0.398. The van der Waals surface area contributed by atoms with Crippen molar-refractivity contribution < 1.29 is 14.3 Å². The number of hydrogen-bond acceptors (Lipinski definition) is 4. The molecule has 4 nitrogen and oxygen atoms in total.